The van der Waals surface area contributed by atoms with E-state index in [9.17, 15) is 13.6 Å². The van der Waals surface area contributed by atoms with E-state index < -0.39 is 11.6 Å². The van der Waals surface area contributed by atoms with Crippen LogP contribution in [0.15, 0.2) is 18.2 Å². The van der Waals surface area contributed by atoms with Gasteiger partial charge in [-0.1, -0.05) is 6.07 Å². The fourth-order valence-corrected chi connectivity index (χ4v) is 3.50. The maximum atomic E-state index is 13.6. The number of ether oxygens (including phenoxy) is 1. The summed E-state index contributed by atoms with van der Waals surface area (Å²) in [5.74, 6) is -1.50. The molecule has 1 aliphatic rings. The first-order valence-corrected chi connectivity index (χ1v) is 8.95. The molecule has 2 heterocycles. The molecule has 2 N–H and O–H groups in total. The Bertz CT molecular complexity index is 844. The highest BCUT2D eigenvalue weighted by atomic mass is 35.5. The van der Waals surface area contributed by atoms with Crippen LogP contribution in [-0.2, 0) is 11.8 Å². The Morgan fingerprint density at radius 1 is 1.36 bits per heavy atom. The highest BCUT2D eigenvalue weighted by Crippen LogP contribution is 2.27. The van der Waals surface area contributed by atoms with Crippen molar-refractivity contribution in [1.82, 2.24) is 20.4 Å². The van der Waals surface area contributed by atoms with Crippen LogP contribution in [-0.4, -0.2) is 41.4 Å². The minimum atomic E-state index is -0.873. The van der Waals surface area contributed by atoms with Gasteiger partial charge in [0.2, 0.25) is 0 Å². The summed E-state index contributed by atoms with van der Waals surface area (Å²) in [4.78, 5) is 12.4. The van der Waals surface area contributed by atoms with Crippen LogP contribution in [0.4, 0.5) is 8.78 Å². The number of hydrogen-bond donors (Lipinski definition) is 2. The van der Waals surface area contributed by atoms with E-state index in [1.807, 2.05) is 20.9 Å². The Labute approximate surface area is 169 Å². The molecule has 0 bridgehead atoms. The zero-order valence-corrected chi connectivity index (χ0v) is 16.9. The molecule has 154 valence electrons. The van der Waals surface area contributed by atoms with Crippen molar-refractivity contribution in [2.75, 3.05) is 19.7 Å². The molecule has 3 rings (SSSR count). The Balaban J connectivity index is 0.00000280. The van der Waals surface area contributed by atoms with Gasteiger partial charge in [-0.05, 0) is 44.5 Å². The molecule has 1 aromatic heterocycles. The fourth-order valence-electron chi connectivity index (χ4n) is 3.50. The molecule has 2 aromatic rings. The van der Waals surface area contributed by atoms with E-state index in [0.29, 0.717) is 17.9 Å². The number of amides is 1. The first kappa shape index (κ1) is 22.1. The van der Waals surface area contributed by atoms with Crippen LogP contribution >= 0.6 is 12.4 Å². The van der Waals surface area contributed by atoms with Crippen molar-refractivity contribution in [3.8, 4) is 5.75 Å². The van der Waals surface area contributed by atoms with Crippen molar-refractivity contribution in [1.29, 1.82) is 0 Å². The lowest BCUT2D eigenvalue weighted by Gasteiger charge is -2.33. The fraction of sp³-hybridized carbons (Fsp3) is 0.474. The molecule has 28 heavy (non-hydrogen) atoms. The molecule has 2 atom stereocenters. The summed E-state index contributed by atoms with van der Waals surface area (Å²) in [6, 6.07) is 3.69. The highest BCUT2D eigenvalue weighted by molar-refractivity contribution is 5.85. The van der Waals surface area contributed by atoms with E-state index in [0.717, 1.165) is 30.4 Å². The Morgan fingerprint density at radius 2 is 2.11 bits per heavy atom. The number of nitrogens with zero attached hydrogens (tertiary/aromatic N) is 2. The zero-order chi connectivity index (χ0) is 19.6. The van der Waals surface area contributed by atoms with E-state index in [2.05, 4.69) is 15.7 Å². The molecule has 1 aliphatic heterocycles. The van der Waals surface area contributed by atoms with E-state index in [-0.39, 0.29) is 36.9 Å². The van der Waals surface area contributed by atoms with Gasteiger partial charge in [-0.15, -0.1) is 12.4 Å². The van der Waals surface area contributed by atoms with Gasteiger partial charge >= 0.3 is 0 Å². The quantitative estimate of drug-likeness (QED) is 0.788. The molecule has 6 nitrogen and oxygen atoms in total. The summed E-state index contributed by atoms with van der Waals surface area (Å²) < 4.78 is 34.2. The topological polar surface area (TPSA) is 68.2 Å². The van der Waals surface area contributed by atoms with Crippen LogP contribution < -0.4 is 15.4 Å². The number of rotatable bonds is 5. The van der Waals surface area contributed by atoms with Gasteiger partial charge in [-0.3, -0.25) is 9.48 Å². The largest absolute Gasteiger partial charge is 0.480 e. The van der Waals surface area contributed by atoms with Gasteiger partial charge < -0.3 is 15.4 Å². The van der Waals surface area contributed by atoms with Gasteiger partial charge in [0.15, 0.2) is 24.0 Å². The minimum Gasteiger partial charge on any atom is -0.480 e. The van der Waals surface area contributed by atoms with Crippen molar-refractivity contribution in [3.63, 3.8) is 0 Å². The van der Waals surface area contributed by atoms with Gasteiger partial charge in [-0.2, -0.15) is 5.10 Å². The van der Waals surface area contributed by atoms with E-state index in [1.54, 1.807) is 10.7 Å². The molecule has 0 aliphatic carbocycles. The second kappa shape index (κ2) is 9.34. The van der Waals surface area contributed by atoms with Gasteiger partial charge in [-0.25, -0.2) is 8.78 Å². The Hall–Kier alpha value is -2.19. The summed E-state index contributed by atoms with van der Waals surface area (Å²) >= 11 is 0. The van der Waals surface area contributed by atoms with Gasteiger partial charge in [0, 0.05) is 25.6 Å². The first-order chi connectivity index (χ1) is 12.9. The molecule has 0 spiro atoms. The number of carbonyl (C=O) groups excluding carboxylic acids is 1. The normalized spacial score (nSPS) is 19.0. The predicted molar refractivity (Wildman–Crippen MR) is 104 cm³/mol. The number of carbonyl (C=O) groups is 1. The molecular formula is C19H25ClF2N4O2. The second-order valence-corrected chi connectivity index (χ2v) is 6.86. The smallest absolute Gasteiger partial charge is 0.258 e. The summed E-state index contributed by atoms with van der Waals surface area (Å²) in [6.07, 6.45) is 0.720. The average Bonchev–Trinajstić information content (AvgIpc) is 2.88. The lowest BCUT2D eigenvalue weighted by Crippen LogP contribution is -2.51. The van der Waals surface area contributed by atoms with Crippen LogP contribution in [0.5, 0.6) is 5.75 Å². The molecule has 2 unspecified atom stereocenters. The number of aromatic nitrogens is 2. The molecule has 1 amide bonds. The molecule has 1 fully saturated rings. The maximum Gasteiger partial charge on any atom is 0.258 e. The summed E-state index contributed by atoms with van der Waals surface area (Å²) in [5, 5.41) is 10.4. The third-order valence-corrected chi connectivity index (χ3v) is 4.99. The lowest BCUT2D eigenvalue weighted by molar-refractivity contribution is -0.124. The summed E-state index contributed by atoms with van der Waals surface area (Å²) in [6.45, 7) is 4.87. The third kappa shape index (κ3) is 4.80. The second-order valence-electron chi connectivity index (χ2n) is 6.86. The number of benzene rings is 1. The monoisotopic (exact) mass is 414 g/mol. The average molecular weight is 415 g/mol. The standard InChI is InChI=1S/C19H24F2N4O2.ClH/c1-11-19(12(2)25(3)24-11)27-10-18(26)23-17-9-22-7-6-14(17)13-4-5-15(20)16(21)8-13;/h4-5,8,14,17,22H,6-7,9-10H2,1-3H3,(H,23,26);1H. The van der Waals surface area contributed by atoms with E-state index in [4.69, 9.17) is 4.74 Å². The van der Waals surface area contributed by atoms with Gasteiger partial charge in [0.1, 0.15) is 5.69 Å². The predicted octanol–water partition coefficient (Wildman–Crippen LogP) is 2.38. The SMILES string of the molecule is Cc1nn(C)c(C)c1OCC(=O)NC1CNCCC1c1ccc(F)c(F)c1.Cl. The van der Waals surface area contributed by atoms with Crippen molar-refractivity contribution in [3.05, 3.63) is 46.8 Å². The van der Waals surface area contributed by atoms with Crippen molar-refractivity contribution >= 4 is 18.3 Å². The van der Waals surface area contributed by atoms with Crippen LogP contribution in [0.3, 0.4) is 0 Å². The number of aryl methyl sites for hydroxylation is 2. The number of halogens is 3. The number of piperidine rings is 1. The zero-order valence-electron chi connectivity index (χ0n) is 16.1. The van der Waals surface area contributed by atoms with E-state index in [1.165, 1.54) is 6.07 Å². The van der Waals surface area contributed by atoms with Crippen molar-refractivity contribution in [2.45, 2.75) is 32.2 Å². The van der Waals surface area contributed by atoms with Gasteiger partial charge in [0.25, 0.3) is 5.91 Å². The van der Waals surface area contributed by atoms with Crippen LogP contribution in [0.1, 0.15) is 29.3 Å². The maximum absolute atomic E-state index is 13.6. The van der Waals surface area contributed by atoms with Crippen LogP contribution in [0, 0.1) is 25.5 Å². The van der Waals surface area contributed by atoms with Crippen molar-refractivity contribution < 1.29 is 18.3 Å². The minimum absolute atomic E-state index is 0. The third-order valence-electron chi connectivity index (χ3n) is 4.99. The molecule has 0 radical (unpaired) electrons. The molecule has 0 saturated carbocycles. The molecule has 1 aromatic carbocycles. The van der Waals surface area contributed by atoms with E-state index >= 15 is 0 Å². The lowest BCUT2D eigenvalue weighted by atomic mass is 9.86. The number of hydrogen-bond acceptors (Lipinski definition) is 4. The summed E-state index contributed by atoms with van der Waals surface area (Å²) in [7, 11) is 1.81. The van der Waals surface area contributed by atoms with Crippen LogP contribution in [0.2, 0.25) is 0 Å². The van der Waals surface area contributed by atoms with Crippen LogP contribution in [0.25, 0.3) is 0 Å². The Kier molecular flexibility index (Phi) is 7.37. The first-order valence-electron chi connectivity index (χ1n) is 8.95. The molecule has 1 saturated heterocycles. The number of nitrogens with one attached hydrogen (secondary N) is 2. The highest BCUT2D eigenvalue weighted by Gasteiger charge is 2.28. The van der Waals surface area contributed by atoms with Crippen molar-refractivity contribution in [2.24, 2.45) is 7.05 Å². The summed E-state index contributed by atoms with van der Waals surface area (Å²) in [5.41, 5.74) is 2.25. The molecular weight excluding hydrogens is 390 g/mol. The molecule has 9 heteroatoms. The Morgan fingerprint density at radius 3 is 2.75 bits per heavy atom. The van der Waals surface area contributed by atoms with Gasteiger partial charge in [0.05, 0.1) is 5.69 Å².